The predicted molar refractivity (Wildman–Crippen MR) is 79.3 cm³/mol. The highest BCUT2D eigenvalue weighted by atomic mass is 19.4. The molecular weight excluding hydrogens is 311 g/mol. The van der Waals surface area contributed by atoms with E-state index in [-0.39, 0.29) is 17.2 Å². The quantitative estimate of drug-likeness (QED) is 0.674. The Balaban J connectivity index is 2.03. The second-order valence-electron chi connectivity index (χ2n) is 4.70. The Morgan fingerprint density at radius 1 is 1.09 bits per heavy atom. The molecule has 0 aliphatic rings. The van der Waals surface area contributed by atoms with E-state index in [0.29, 0.717) is 11.2 Å². The number of anilines is 3. The third kappa shape index (κ3) is 2.93. The highest BCUT2D eigenvalue weighted by molar-refractivity contribution is 5.90. The van der Waals surface area contributed by atoms with Crippen LogP contribution >= 0.6 is 0 Å². The number of nitrogens with zero attached hydrogens (tertiary/aromatic N) is 2. The van der Waals surface area contributed by atoms with Crippen LogP contribution in [-0.2, 0) is 6.18 Å². The van der Waals surface area contributed by atoms with Crippen LogP contribution in [0.4, 0.5) is 30.6 Å². The molecule has 2 heterocycles. The maximum atomic E-state index is 12.6. The molecule has 0 aliphatic heterocycles. The van der Waals surface area contributed by atoms with E-state index in [1.165, 1.54) is 18.3 Å². The molecule has 0 spiro atoms. The van der Waals surface area contributed by atoms with Gasteiger partial charge >= 0.3 is 6.18 Å². The molecule has 0 amide bonds. The SMILES string of the molecule is Nc1nc(Nc2ccc(C(F)(F)F)cc2)c2c(=O)[nH]ccc2n1. The van der Waals surface area contributed by atoms with Crippen molar-refractivity contribution in [3.8, 4) is 0 Å². The van der Waals surface area contributed by atoms with E-state index in [2.05, 4.69) is 20.3 Å². The van der Waals surface area contributed by atoms with E-state index in [1.807, 2.05) is 0 Å². The van der Waals surface area contributed by atoms with Gasteiger partial charge in [0.25, 0.3) is 5.56 Å². The average Bonchev–Trinajstić information content (AvgIpc) is 2.46. The number of rotatable bonds is 2. The maximum Gasteiger partial charge on any atom is 0.416 e. The van der Waals surface area contributed by atoms with Gasteiger partial charge in [0.15, 0.2) is 0 Å². The zero-order chi connectivity index (χ0) is 16.6. The molecule has 0 fully saturated rings. The van der Waals surface area contributed by atoms with Crippen molar-refractivity contribution in [2.75, 3.05) is 11.1 Å². The van der Waals surface area contributed by atoms with Gasteiger partial charge in [-0.05, 0) is 30.3 Å². The van der Waals surface area contributed by atoms with Crippen molar-refractivity contribution < 1.29 is 13.2 Å². The Morgan fingerprint density at radius 3 is 2.43 bits per heavy atom. The van der Waals surface area contributed by atoms with Gasteiger partial charge in [0.1, 0.15) is 11.2 Å². The molecule has 0 saturated heterocycles. The van der Waals surface area contributed by atoms with E-state index in [1.54, 1.807) is 6.07 Å². The average molecular weight is 321 g/mol. The molecule has 118 valence electrons. The van der Waals surface area contributed by atoms with Gasteiger partial charge in [-0.25, -0.2) is 4.98 Å². The lowest BCUT2D eigenvalue weighted by Crippen LogP contribution is -2.11. The predicted octanol–water partition coefficient (Wildman–Crippen LogP) is 2.66. The summed E-state index contributed by atoms with van der Waals surface area (Å²) in [5.74, 6) is 0.0617. The van der Waals surface area contributed by atoms with Gasteiger partial charge in [0, 0.05) is 11.9 Å². The molecule has 0 aliphatic carbocycles. The molecule has 9 heteroatoms. The minimum atomic E-state index is -4.41. The Morgan fingerprint density at radius 2 is 1.78 bits per heavy atom. The summed E-state index contributed by atoms with van der Waals surface area (Å²) in [5.41, 5.74) is 5.05. The van der Waals surface area contributed by atoms with Crippen LogP contribution in [-0.4, -0.2) is 15.0 Å². The number of halogens is 3. The fourth-order valence-corrected chi connectivity index (χ4v) is 2.08. The van der Waals surface area contributed by atoms with Gasteiger partial charge in [-0.3, -0.25) is 4.79 Å². The van der Waals surface area contributed by atoms with E-state index in [9.17, 15) is 18.0 Å². The monoisotopic (exact) mass is 321 g/mol. The van der Waals surface area contributed by atoms with Crippen LogP contribution < -0.4 is 16.6 Å². The van der Waals surface area contributed by atoms with Gasteiger partial charge in [-0.1, -0.05) is 0 Å². The second kappa shape index (κ2) is 5.27. The standard InChI is InChI=1S/C14H10F3N5O/c15-14(16,17)7-1-3-8(4-2-7)20-11-10-9(21-13(18)22-11)5-6-19-12(10)23/h1-6H,(H,19,23)(H3,18,20,21,22). The summed E-state index contributed by atoms with van der Waals surface area (Å²) in [7, 11) is 0. The van der Waals surface area contributed by atoms with Crippen LogP contribution in [0.1, 0.15) is 5.56 Å². The lowest BCUT2D eigenvalue weighted by atomic mass is 10.2. The fourth-order valence-electron chi connectivity index (χ4n) is 2.08. The van der Waals surface area contributed by atoms with Gasteiger partial charge in [-0.15, -0.1) is 0 Å². The first-order valence-electron chi connectivity index (χ1n) is 6.44. The number of pyridine rings is 1. The number of nitrogens with one attached hydrogen (secondary N) is 2. The zero-order valence-electron chi connectivity index (χ0n) is 11.5. The Hall–Kier alpha value is -3.10. The van der Waals surface area contributed by atoms with Crippen molar-refractivity contribution in [3.63, 3.8) is 0 Å². The van der Waals surface area contributed by atoms with E-state index < -0.39 is 17.3 Å². The number of alkyl halides is 3. The number of H-pyrrole nitrogens is 1. The molecule has 6 nitrogen and oxygen atoms in total. The van der Waals surface area contributed by atoms with E-state index in [0.717, 1.165) is 12.1 Å². The molecule has 0 atom stereocenters. The third-order valence-corrected chi connectivity index (χ3v) is 3.11. The molecule has 3 aromatic rings. The summed E-state index contributed by atoms with van der Waals surface area (Å²) in [5, 5.41) is 2.96. The molecule has 1 aromatic carbocycles. The lowest BCUT2D eigenvalue weighted by molar-refractivity contribution is -0.137. The fraction of sp³-hybridized carbons (Fsp3) is 0.0714. The first-order chi connectivity index (χ1) is 10.8. The number of aromatic nitrogens is 3. The van der Waals surface area contributed by atoms with E-state index in [4.69, 9.17) is 5.73 Å². The molecule has 0 radical (unpaired) electrons. The zero-order valence-corrected chi connectivity index (χ0v) is 11.5. The highest BCUT2D eigenvalue weighted by Gasteiger charge is 2.29. The van der Waals surface area contributed by atoms with Crippen LogP contribution in [0.15, 0.2) is 41.3 Å². The summed E-state index contributed by atoms with van der Waals surface area (Å²) in [6.45, 7) is 0. The summed E-state index contributed by atoms with van der Waals surface area (Å²) in [6.07, 6.45) is -3.00. The molecule has 0 saturated carbocycles. The molecule has 4 N–H and O–H groups in total. The van der Waals surface area contributed by atoms with Crippen molar-refractivity contribution >= 4 is 28.4 Å². The van der Waals surface area contributed by atoms with Crippen LogP contribution in [0.25, 0.3) is 10.9 Å². The summed E-state index contributed by atoms with van der Waals surface area (Å²) in [6, 6.07) is 5.89. The number of hydrogen-bond acceptors (Lipinski definition) is 5. The van der Waals surface area contributed by atoms with Crippen molar-refractivity contribution in [3.05, 3.63) is 52.4 Å². The van der Waals surface area contributed by atoms with Gasteiger partial charge in [0.05, 0.1) is 11.1 Å². The Kier molecular flexibility index (Phi) is 3.40. The topological polar surface area (TPSA) is 96.7 Å². The normalized spacial score (nSPS) is 11.6. The first-order valence-corrected chi connectivity index (χ1v) is 6.44. The van der Waals surface area contributed by atoms with Crippen molar-refractivity contribution in [2.24, 2.45) is 0 Å². The Labute approximate surface area is 127 Å². The largest absolute Gasteiger partial charge is 0.416 e. The lowest BCUT2D eigenvalue weighted by Gasteiger charge is -2.10. The van der Waals surface area contributed by atoms with Crippen molar-refractivity contribution in [1.82, 2.24) is 15.0 Å². The number of fused-ring (bicyclic) bond motifs is 1. The molecule has 0 unspecified atom stereocenters. The minimum Gasteiger partial charge on any atom is -0.368 e. The maximum absolute atomic E-state index is 12.6. The molecule has 0 bridgehead atoms. The number of aromatic amines is 1. The first kappa shape index (κ1) is 14.8. The number of benzene rings is 1. The van der Waals surface area contributed by atoms with Gasteiger partial charge in [0.2, 0.25) is 5.95 Å². The number of nitrogens with two attached hydrogens (primary N) is 1. The van der Waals surface area contributed by atoms with Crippen molar-refractivity contribution in [2.45, 2.75) is 6.18 Å². The third-order valence-electron chi connectivity index (χ3n) is 3.11. The molecule has 23 heavy (non-hydrogen) atoms. The van der Waals surface area contributed by atoms with Crippen LogP contribution in [0.3, 0.4) is 0 Å². The van der Waals surface area contributed by atoms with Gasteiger partial charge < -0.3 is 16.0 Å². The van der Waals surface area contributed by atoms with Gasteiger partial charge in [-0.2, -0.15) is 18.2 Å². The molecular formula is C14H10F3N5O. The summed E-state index contributed by atoms with van der Waals surface area (Å²) < 4.78 is 37.7. The second-order valence-corrected chi connectivity index (χ2v) is 4.70. The van der Waals surface area contributed by atoms with Crippen molar-refractivity contribution in [1.29, 1.82) is 0 Å². The highest BCUT2D eigenvalue weighted by Crippen LogP contribution is 2.30. The van der Waals surface area contributed by atoms with Crippen LogP contribution in [0.2, 0.25) is 0 Å². The van der Waals surface area contributed by atoms with Crippen LogP contribution in [0, 0.1) is 0 Å². The van der Waals surface area contributed by atoms with Crippen LogP contribution in [0.5, 0.6) is 0 Å². The minimum absolute atomic E-state index is 0.0579. The smallest absolute Gasteiger partial charge is 0.368 e. The summed E-state index contributed by atoms with van der Waals surface area (Å²) in [4.78, 5) is 22.3. The Bertz CT molecular complexity index is 918. The molecule has 2 aromatic heterocycles. The van der Waals surface area contributed by atoms with E-state index >= 15 is 0 Å². The summed E-state index contributed by atoms with van der Waals surface area (Å²) >= 11 is 0. The number of nitrogen functional groups attached to an aromatic ring is 1. The number of hydrogen-bond donors (Lipinski definition) is 3. The molecule has 3 rings (SSSR count).